The van der Waals surface area contributed by atoms with E-state index in [2.05, 4.69) is 31.2 Å². The van der Waals surface area contributed by atoms with Crippen molar-refractivity contribution in [2.75, 3.05) is 37.7 Å². The summed E-state index contributed by atoms with van der Waals surface area (Å²) in [5.41, 5.74) is 4.28. The van der Waals surface area contributed by atoms with E-state index in [1.54, 1.807) is 10.9 Å². The second-order valence-electron chi connectivity index (χ2n) is 7.79. The quantitative estimate of drug-likeness (QED) is 0.593. The maximum Gasteiger partial charge on any atom is 0.341 e. The van der Waals surface area contributed by atoms with Crippen LogP contribution in [0.2, 0.25) is 0 Å². The third-order valence-corrected chi connectivity index (χ3v) is 5.56. The number of anilines is 1. The van der Waals surface area contributed by atoms with Crippen molar-refractivity contribution in [1.82, 2.24) is 29.4 Å². The normalized spacial score (nSPS) is 15.5. The molecule has 0 spiro atoms. The van der Waals surface area contributed by atoms with Crippen LogP contribution < -0.4 is 4.90 Å². The Hall–Kier alpha value is -2.94. The van der Waals surface area contributed by atoms with Crippen molar-refractivity contribution in [3.05, 3.63) is 35.4 Å². The number of pyridine rings is 1. The molecule has 0 saturated carbocycles. The van der Waals surface area contributed by atoms with Crippen LogP contribution >= 0.6 is 0 Å². The van der Waals surface area contributed by atoms with E-state index in [1.807, 2.05) is 38.8 Å². The van der Waals surface area contributed by atoms with Crippen molar-refractivity contribution in [1.29, 1.82) is 0 Å². The number of aromatic nitrogens is 5. The predicted molar refractivity (Wildman–Crippen MR) is 115 cm³/mol. The van der Waals surface area contributed by atoms with Gasteiger partial charge in [-0.25, -0.2) is 9.78 Å². The number of hydrogen-bond donors (Lipinski definition) is 0. The monoisotopic (exact) mass is 411 g/mol. The van der Waals surface area contributed by atoms with Crippen molar-refractivity contribution in [2.24, 2.45) is 14.1 Å². The number of ether oxygens (including phenoxy) is 1. The van der Waals surface area contributed by atoms with Gasteiger partial charge in [-0.3, -0.25) is 14.3 Å². The fraction of sp³-hybridized carbons (Fsp3) is 0.524. The maximum absolute atomic E-state index is 12.7. The molecule has 0 N–H and O–H groups in total. The van der Waals surface area contributed by atoms with Crippen LogP contribution in [-0.4, -0.2) is 68.2 Å². The number of rotatable bonds is 5. The number of hydrogen-bond acceptors (Lipinski definition) is 7. The summed E-state index contributed by atoms with van der Waals surface area (Å²) >= 11 is 0. The molecule has 3 aromatic heterocycles. The Morgan fingerprint density at radius 2 is 2.00 bits per heavy atom. The molecule has 30 heavy (non-hydrogen) atoms. The van der Waals surface area contributed by atoms with Crippen LogP contribution in [0.1, 0.15) is 35.0 Å². The Morgan fingerprint density at radius 1 is 1.17 bits per heavy atom. The highest BCUT2D eigenvalue weighted by atomic mass is 16.5. The zero-order chi connectivity index (χ0) is 21.3. The lowest BCUT2D eigenvalue weighted by Gasteiger charge is -2.26. The highest BCUT2D eigenvalue weighted by Crippen LogP contribution is 2.33. The summed E-state index contributed by atoms with van der Waals surface area (Å²) in [6.45, 7) is 8.59. The lowest BCUT2D eigenvalue weighted by Crippen LogP contribution is -2.31. The Labute approximate surface area is 176 Å². The molecule has 0 bridgehead atoms. The molecule has 0 radical (unpaired) electrons. The van der Waals surface area contributed by atoms with Crippen molar-refractivity contribution < 1.29 is 9.53 Å². The summed E-state index contributed by atoms with van der Waals surface area (Å²) in [7, 11) is 3.82. The lowest BCUT2D eigenvalue weighted by molar-refractivity contribution is 0.0527. The lowest BCUT2D eigenvalue weighted by atomic mass is 10.1. The first-order valence-electron chi connectivity index (χ1n) is 10.4. The highest BCUT2D eigenvalue weighted by Gasteiger charge is 2.26. The number of fused-ring (bicyclic) bond motifs is 1. The standard InChI is InChI=1S/C21H29N7O2/c1-5-30-21(29)17-12-22-20-18(15(2)24-26(20)4)19(17)28-8-6-7-27(9-10-28)14-16-11-23-25(3)13-16/h11-13H,5-10,14H2,1-4H3. The van der Waals surface area contributed by atoms with E-state index in [-0.39, 0.29) is 5.97 Å². The molecule has 0 atom stereocenters. The van der Waals surface area contributed by atoms with Crippen molar-refractivity contribution in [2.45, 2.75) is 26.8 Å². The van der Waals surface area contributed by atoms with Gasteiger partial charge in [-0.2, -0.15) is 10.2 Å². The zero-order valence-corrected chi connectivity index (χ0v) is 18.1. The van der Waals surface area contributed by atoms with E-state index in [4.69, 9.17) is 4.74 Å². The predicted octanol–water partition coefficient (Wildman–Crippen LogP) is 1.90. The summed E-state index contributed by atoms with van der Waals surface area (Å²) in [5.74, 6) is -0.332. The van der Waals surface area contributed by atoms with Gasteiger partial charge in [-0.05, 0) is 20.3 Å². The molecule has 0 aliphatic carbocycles. The van der Waals surface area contributed by atoms with Crippen molar-refractivity contribution in [3.8, 4) is 0 Å². The first kappa shape index (κ1) is 20.3. The molecule has 1 aliphatic rings. The van der Waals surface area contributed by atoms with Crippen molar-refractivity contribution in [3.63, 3.8) is 0 Å². The van der Waals surface area contributed by atoms with E-state index in [1.165, 1.54) is 5.56 Å². The highest BCUT2D eigenvalue weighted by molar-refractivity contribution is 6.05. The van der Waals surface area contributed by atoms with Crippen molar-refractivity contribution >= 4 is 22.7 Å². The second-order valence-corrected chi connectivity index (χ2v) is 7.79. The maximum atomic E-state index is 12.7. The number of esters is 1. The SMILES string of the molecule is CCOC(=O)c1cnc2c(c(C)nn2C)c1N1CCCN(Cc2cnn(C)c2)CC1. The van der Waals surface area contributed by atoms with Gasteiger partial charge in [-0.15, -0.1) is 0 Å². The Kier molecular flexibility index (Phi) is 5.72. The number of carbonyl (C=O) groups is 1. The molecule has 4 rings (SSSR count). The van der Waals surface area contributed by atoms with Crippen LogP contribution in [-0.2, 0) is 25.4 Å². The number of nitrogens with zero attached hydrogens (tertiary/aromatic N) is 7. The fourth-order valence-electron chi connectivity index (χ4n) is 4.24. The van der Waals surface area contributed by atoms with Crippen LogP contribution in [0.4, 0.5) is 5.69 Å². The molecule has 0 amide bonds. The molecule has 4 heterocycles. The first-order chi connectivity index (χ1) is 14.5. The largest absolute Gasteiger partial charge is 0.462 e. The Morgan fingerprint density at radius 3 is 2.73 bits per heavy atom. The van der Waals surface area contributed by atoms with Crippen LogP contribution in [0.25, 0.3) is 11.0 Å². The molecule has 3 aromatic rings. The molecule has 1 saturated heterocycles. The van der Waals surface area contributed by atoms with E-state index in [0.717, 1.165) is 61.6 Å². The summed E-state index contributed by atoms with van der Waals surface area (Å²) in [4.78, 5) is 22.0. The number of aryl methyl sites for hydroxylation is 3. The van der Waals surface area contributed by atoms with Gasteiger partial charge >= 0.3 is 5.97 Å². The molecule has 0 unspecified atom stereocenters. The van der Waals surface area contributed by atoms with Crippen LogP contribution in [0.5, 0.6) is 0 Å². The molecular weight excluding hydrogens is 382 g/mol. The molecule has 1 aliphatic heterocycles. The molecule has 0 aromatic carbocycles. The number of carbonyl (C=O) groups excluding carboxylic acids is 1. The van der Waals surface area contributed by atoms with Gasteiger partial charge < -0.3 is 9.64 Å². The van der Waals surface area contributed by atoms with Gasteiger partial charge in [0.15, 0.2) is 5.65 Å². The third-order valence-electron chi connectivity index (χ3n) is 5.56. The van der Waals surface area contributed by atoms with Gasteiger partial charge in [0.25, 0.3) is 0 Å². The fourth-order valence-corrected chi connectivity index (χ4v) is 4.24. The van der Waals surface area contributed by atoms with Gasteiger partial charge in [0, 0.05) is 64.8 Å². The summed E-state index contributed by atoms with van der Waals surface area (Å²) in [6, 6.07) is 0. The molecule has 1 fully saturated rings. The smallest absolute Gasteiger partial charge is 0.341 e. The van der Waals surface area contributed by atoms with E-state index >= 15 is 0 Å². The van der Waals surface area contributed by atoms with Gasteiger partial charge in [-0.1, -0.05) is 0 Å². The van der Waals surface area contributed by atoms with Crippen LogP contribution in [0.15, 0.2) is 18.6 Å². The first-order valence-corrected chi connectivity index (χ1v) is 10.4. The molecule has 9 nitrogen and oxygen atoms in total. The summed E-state index contributed by atoms with van der Waals surface area (Å²) in [5, 5.41) is 9.75. The topological polar surface area (TPSA) is 81.3 Å². The molecular formula is C21H29N7O2. The summed E-state index contributed by atoms with van der Waals surface area (Å²) in [6.07, 6.45) is 6.63. The van der Waals surface area contributed by atoms with E-state index < -0.39 is 0 Å². The Balaban J connectivity index is 1.65. The second kappa shape index (κ2) is 8.43. The minimum atomic E-state index is -0.332. The van der Waals surface area contributed by atoms with E-state index in [0.29, 0.717) is 12.2 Å². The minimum Gasteiger partial charge on any atom is -0.462 e. The average molecular weight is 412 g/mol. The summed E-state index contributed by atoms with van der Waals surface area (Å²) < 4.78 is 8.95. The minimum absolute atomic E-state index is 0.332. The third kappa shape index (κ3) is 3.89. The van der Waals surface area contributed by atoms with Gasteiger partial charge in [0.2, 0.25) is 0 Å². The van der Waals surface area contributed by atoms with Crippen LogP contribution in [0, 0.1) is 6.92 Å². The van der Waals surface area contributed by atoms with Gasteiger partial charge in [0.1, 0.15) is 5.56 Å². The zero-order valence-electron chi connectivity index (χ0n) is 18.1. The molecule has 9 heteroatoms. The van der Waals surface area contributed by atoms with Gasteiger partial charge in [0.05, 0.1) is 29.6 Å². The molecule has 160 valence electrons. The van der Waals surface area contributed by atoms with E-state index in [9.17, 15) is 4.79 Å². The van der Waals surface area contributed by atoms with Crippen LogP contribution in [0.3, 0.4) is 0 Å². The average Bonchev–Trinajstić information content (AvgIpc) is 3.15. The Bertz CT molecular complexity index is 1060.